The van der Waals surface area contributed by atoms with Crippen molar-refractivity contribution in [2.45, 2.75) is 63.1 Å². The maximum absolute atomic E-state index is 11.0. The quantitative estimate of drug-likeness (QED) is 0.898. The van der Waals surface area contributed by atoms with E-state index in [1.54, 1.807) is 0 Å². The second kappa shape index (κ2) is 5.91. The number of ether oxygens (including phenoxy) is 1. The summed E-state index contributed by atoms with van der Waals surface area (Å²) in [4.78, 5) is 0. The van der Waals surface area contributed by atoms with Gasteiger partial charge in [0.2, 0.25) is 0 Å². The standard InChI is InChI=1S/C18H25ClO2/c1-17(20,12-14-4-6-16(19)7-5-14)15-8-11-21-18(13-15)9-2-3-10-18/h4-7,15,20H,2-3,8-13H2,1H3. The van der Waals surface area contributed by atoms with Crippen molar-refractivity contribution in [3.63, 3.8) is 0 Å². The first kappa shape index (κ1) is 15.3. The van der Waals surface area contributed by atoms with Gasteiger partial charge in [0.15, 0.2) is 0 Å². The molecule has 1 saturated carbocycles. The molecule has 1 aliphatic carbocycles. The predicted molar refractivity (Wildman–Crippen MR) is 85.7 cm³/mol. The minimum atomic E-state index is -0.673. The van der Waals surface area contributed by atoms with Crippen molar-refractivity contribution in [2.75, 3.05) is 6.61 Å². The monoisotopic (exact) mass is 308 g/mol. The summed E-state index contributed by atoms with van der Waals surface area (Å²) in [6, 6.07) is 7.83. The van der Waals surface area contributed by atoms with Crippen LogP contribution in [-0.2, 0) is 11.2 Å². The Labute approximate surface area is 132 Å². The zero-order valence-corrected chi connectivity index (χ0v) is 13.5. The average Bonchev–Trinajstić information content (AvgIpc) is 2.89. The summed E-state index contributed by atoms with van der Waals surface area (Å²) < 4.78 is 6.09. The summed E-state index contributed by atoms with van der Waals surface area (Å²) in [7, 11) is 0. The molecule has 21 heavy (non-hydrogen) atoms. The molecule has 0 radical (unpaired) electrons. The van der Waals surface area contributed by atoms with Crippen molar-refractivity contribution in [1.82, 2.24) is 0 Å². The highest BCUT2D eigenvalue weighted by atomic mass is 35.5. The molecule has 1 heterocycles. The molecular weight excluding hydrogens is 284 g/mol. The second-order valence-corrected chi connectivity index (χ2v) is 7.53. The van der Waals surface area contributed by atoms with Gasteiger partial charge in [-0.2, -0.15) is 0 Å². The van der Waals surface area contributed by atoms with Crippen molar-refractivity contribution in [1.29, 1.82) is 0 Å². The Morgan fingerprint density at radius 3 is 2.62 bits per heavy atom. The van der Waals surface area contributed by atoms with E-state index >= 15 is 0 Å². The topological polar surface area (TPSA) is 29.5 Å². The van der Waals surface area contributed by atoms with Crippen LogP contribution < -0.4 is 0 Å². The first-order chi connectivity index (χ1) is 9.99. The molecule has 1 aromatic carbocycles. The van der Waals surface area contributed by atoms with Gasteiger partial charge in [0, 0.05) is 18.1 Å². The lowest BCUT2D eigenvalue weighted by Crippen LogP contribution is -2.47. The van der Waals surface area contributed by atoms with Gasteiger partial charge in [-0.15, -0.1) is 0 Å². The van der Waals surface area contributed by atoms with Crippen molar-refractivity contribution in [2.24, 2.45) is 5.92 Å². The zero-order chi connectivity index (χ0) is 14.9. The summed E-state index contributed by atoms with van der Waals surface area (Å²) >= 11 is 5.93. The van der Waals surface area contributed by atoms with Gasteiger partial charge in [-0.3, -0.25) is 0 Å². The van der Waals surface area contributed by atoms with Crippen LogP contribution in [-0.4, -0.2) is 22.9 Å². The van der Waals surface area contributed by atoms with Gasteiger partial charge in [0.25, 0.3) is 0 Å². The third-order valence-corrected chi connectivity index (χ3v) is 5.61. The lowest BCUT2D eigenvalue weighted by Gasteiger charge is -2.44. The number of rotatable bonds is 3. The van der Waals surface area contributed by atoms with Crippen LogP contribution in [0.1, 0.15) is 51.0 Å². The Balaban J connectivity index is 1.70. The Morgan fingerprint density at radius 2 is 1.95 bits per heavy atom. The number of aliphatic hydroxyl groups is 1. The first-order valence-electron chi connectivity index (χ1n) is 8.10. The van der Waals surface area contributed by atoms with Crippen LogP contribution in [0.3, 0.4) is 0 Å². The summed E-state index contributed by atoms with van der Waals surface area (Å²) in [5.41, 5.74) is 0.538. The van der Waals surface area contributed by atoms with Gasteiger partial charge in [-0.1, -0.05) is 36.6 Å². The van der Waals surface area contributed by atoms with Crippen LogP contribution in [0.25, 0.3) is 0 Å². The molecule has 1 N–H and O–H groups in total. The van der Waals surface area contributed by atoms with Gasteiger partial charge in [-0.25, -0.2) is 0 Å². The van der Waals surface area contributed by atoms with E-state index in [1.807, 2.05) is 31.2 Å². The summed E-state index contributed by atoms with van der Waals surface area (Å²) in [5, 5.41) is 11.8. The molecule has 2 unspecified atom stereocenters. The fourth-order valence-corrected chi connectivity index (χ4v) is 4.21. The highest BCUT2D eigenvalue weighted by Crippen LogP contribution is 2.45. The minimum Gasteiger partial charge on any atom is -0.390 e. The van der Waals surface area contributed by atoms with Crippen molar-refractivity contribution in [3.05, 3.63) is 34.9 Å². The van der Waals surface area contributed by atoms with E-state index in [2.05, 4.69) is 0 Å². The molecule has 0 bridgehead atoms. The van der Waals surface area contributed by atoms with Crippen LogP contribution in [0, 0.1) is 5.92 Å². The molecule has 1 aromatic rings. The van der Waals surface area contributed by atoms with Crippen molar-refractivity contribution in [3.8, 4) is 0 Å². The predicted octanol–water partition coefficient (Wildman–Crippen LogP) is 4.37. The first-order valence-corrected chi connectivity index (χ1v) is 8.48. The van der Waals surface area contributed by atoms with Crippen LogP contribution in [0.15, 0.2) is 24.3 Å². The van der Waals surface area contributed by atoms with E-state index in [9.17, 15) is 5.11 Å². The van der Waals surface area contributed by atoms with Gasteiger partial charge >= 0.3 is 0 Å². The molecule has 2 fully saturated rings. The summed E-state index contributed by atoms with van der Waals surface area (Å²) in [6.45, 7) is 2.78. The molecule has 1 saturated heterocycles. The largest absolute Gasteiger partial charge is 0.390 e. The van der Waals surface area contributed by atoms with Gasteiger partial charge in [0.1, 0.15) is 0 Å². The van der Waals surface area contributed by atoms with E-state index in [1.165, 1.54) is 25.7 Å². The molecule has 1 aliphatic heterocycles. The number of hydrogen-bond acceptors (Lipinski definition) is 2. The molecular formula is C18H25ClO2. The van der Waals surface area contributed by atoms with Gasteiger partial charge < -0.3 is 9.84 Å². The average molecular weight is 309 g/mol. The van der Waals surface area contributed by atoms with E-state index in [0.717, 1.165) is 30.0 Å². The maximum Gasteiger partial charge on any atom is 0.0689 e. The number of benzene rings is 1. The molecule has 0 amide bonds. The zero-order valence-electron chi connectivity index (χ0n) is 12.8. The molecule has 2 atom stereocenters. The van der Waals surface area contributed by atoms with E-state index in [-0.39, 0.29) is 5.60 Å². The van der Waals surface area contributed by atoms with E-state index in [0.29, 0.717) is 12.3 Å². The lowest BCUT2D eigenvalue weighted by atomic mass is 9.73. The molecule has 1 spiro atoms. The Morgan fingerprint density at radius 1 is 1.29 bits per heavy atom. The van der Waals surface area contributed by atoms with Crippen LogP contribution in [0.4, 0.5) is 0 Å². The normalized spacial score (nSPS) is 27.7. The fraction of sp³-hybridized carbons (Fsp3) is 0.667. The number of halogens is 1. The Hall–Kier alpha value is -0.570. The van der Waals surface area contributed by atoms with Gasteiger partial charge in [-0.05, 0) is 56.2 Å². The highest BCUT2D eigenvalue weighted by molar-refractivity contribution is 6.30. The van der Waals surface area contributed by atoms with Crippen LogP contribution >= 0.6 is 11.6 Å². The molecule has 116 valence electrons. The third kappa shape index (κ3) is 3.44. The SMILES string of the molecule is CC(O)(Cc1ccc(Cl)cc1)C1CCOC2(CCCC2)C1. The van der Waals surface area contributed by atoms with E-state index < -0.39 is 5.60 Å². The fourth-order valence-electron chi connectivity index (χ4n) is 4.09. The second-order valence-electron chi connectivity index (χ2n) is 7.09. The smallest absolute Gasteiger partial charge is 0.0689 e. The molecule has 2 aliphatic rings. The van der Waals surface area contributed by atoms with Crippen molar-refractivity contribution >= 4 is 11.6 Å². The Bertz CT molecular complexity index is 474. The molecule has 2 nitrogen and oxygen atoms in total. The maximum atomic E-state index is 11.0. The highest BCUT2D eigenvalue weighted by Gasteiger charge is 2.45. The van der Waals surface area contributed by atoms with Crippen LogP contribution in [0.5, 0.6) is 0 Å². The Kier molecular flexibility index (Phi) is 4.31. The van der Waals surface area contributed by atoms with Gasteiger partial charge in [0.05, 0.1) is 11.2 Å². The van der Waals surface area contributed by atoms with Crippen LogP contribution in [0.2, 0.25) is 5.02 Å². The molecule has 0 aromatic heterocycles. The molecule has 3 rings (SSSR count). The van der Waals surface area contributed by atoms with Crippen molar-refractivity contribution < 1.29 is 9.84 Å². The summed E-state index contributed by atoms with van der Waals surface area (Å²) in [5.74, 6) is 0.319. The molecule has 3 heteroatoms. The lowest BCUT2D eigenvalue weighted by molar-refractivity contribution is -0.135. The van der Waals surface area contributed by atoms with E-state index in [4.69, 9.17) is 16.3 Å². The summed E-state index contributed by atoms with van der Waals surface area (Å²) in [6.07, 6.45) is 7.53. The third-order valence-electron chi connectivity index (χ3n) is 5.36. The minimum absolute atomic E-state index is 0.0624. The number of hydrogen-bond donors (Lipinski definition) is 1.